The number of carbonyl (C=O) groups excluding carboxylic acids is 2. The molecule has 21 heavy (non-hydrogen) atoms. The van der Waals surface area contributed by atoms with Crippen molar-refractivity contribution in [1.29, 1.82) is 0 Å². The van der Waals surface area contributed by atoms with E-state index in [0.717, 1.165) is 51.4 Å². The molecule has 0 aromatic heterocycles. The van der Waals surface area contributed by atoms with E-state index in [1.54, 1.807) is 5.57 Å². The van der Waals surface area contributed by atoms with E-state index < -0.39 is 0 Å². The lowest BCUT2D eigenvalue weighted by molar-refractivity contribution is -0.129. The van der Waals surface area contributed by atoms with Crippen LogP contribution in [0.1, 0.15) is 65.2 Å². The Labute approximate surface area is 127 Å². The summed E-state index contributed by atoms with van der Waals surface area (Å²) in [6, 6.07) is 0. The first kappa shape index (κ1) is 13.7. The third-order valence-corrected chi connectivity index (χ3v) is 7.61. The molecule has 1 unspecified atom stereocenters. The van der Waals surface area contributed by atoms with E-state index in [1.807, 2.05) is 0 Å². The molecule has 114 valence electrons. The Hall–Kier alpha value is -0.920. The van der Waals surface area contributed by atoms with Gasteiger partial charge in [-0.2, -0.15) is 0 Å². The van der Waals surface area contributed by atoms with Gasteiger partial charge in [0, 0.05) is 24.7 Å². The molecule has 0 spiro atoms. The fourth-order valence-corrected chi connectivity index (χ4v) is 6.08. The molecule has 0 heterocycles. The third-order valence-electron chi connectivity index (χ3n) is 7.61. The molecule has 4 rings (SSSR count). The average molecular weight is 286 g/mol. The van der Waals surface area contributed by atoms with E-state index in [-0.39, 0.29) is 5.41 Å². The van der Waals surface area contributed by atoms with Crippen LogP contribution >= 0.6 is 0 Å². The molecule has 0 aromatic rings. The topological polar surface area (TPSA) is 34.1 Å². The monoisotopic (exact) mass is 286 g/mol. The highest BCUT2D eigenvalue weighted by Gasteiger charge is 2.57. The Morgan fingerprint density at radius 1 is 1.05 bits per heavy atom. The minimum atomic E-state index is -0.0734. The predicted molar refractivity (Wildman–Crippen MR) is 81.7 cm³/mol. The number of allylic oxidation sites excluding steroid dienone is 2. The zero-order valence-corrected chi connectivity index (χ0v) is 13.3. The quantitative estimate of drug-likeness (QED) is 0.629. The van der Waals surface area contributed by atoms with Crippen LogP contribution in [0.5, 0.6) is 0 Å². The Kier molecular flexibility index (Phi) is 2.81. The van der Waals surface area contributed by atoms with Gasteiger partial charge in [-0.05, 0) is 55.3 Å². The molecule has 4 aliphatic carbocycles. The lowest BCUT2D eigenvalue weighted by Gasteiger charge is -2.55. The third kappa shape index (κ3) is 1.71. The number of ketones is 2. The summed E-state index contributed by atoms with van der Waals surface area (Å²) in [5, 5.41) is 0. The van der Waals surface area contributed by atoms with Crippen LogP contribution in [0.25, 0.3) is 0 Å². The molecule has 5 atom stereocenters. The van der Waals surface area contributed by atoms with Gasteiger partial charge in [0.15, 0.2) is 0 Å². The van der Waals surface area contributed by atoms with Crippen LogP contribution in [0.3, 0.4) is 0 Å². The SMILES string of the molecule is C[C@]12CCC(=O)CC1CC=C1[C@@H]2CC[C@]2(C)C(=O)CC[C@@H]12. The summed E-state index contributed by atoms with van der Waals surface area (Å²) in [5.41, 5.74) is 1.84. The molecule has 0 amide bonds. The van der Waals surface area contributed by atoms with Crippen LogP contribution in [-0.2, 0) is 9.59 Å². The van der Waals surface area contributed by atoms with Gasteiger partial charge >= 0.3 is 0 Å². The molecule has 0 bridgehead atoms. The minimum Gasteiger partial charge on any atom is -0.300 e. The van der Waals surface area contributed by atoms with Crippen LogP contribution in [0.15, 0.2) is 11.6 Å². The lowest BCUT2D eigenvalue weighted by atomic mass is 9.49. The molecule has 3 saturated carbocycles. The Balaban J connectivity index is 1.72. The number of carbonyl (C=O) groups is 2. The van der Waals surface area contributed by atoms with Crippen LogP contribution in [0.4, 0.5) is 0 Å². The first-order valence-electron chi connectivity index (χ1n) is 8.70. The van der Waals surface area contributed by atoms with Gasteiger partial charge < -0.3 is 0 Å². The number of fused-ring (bicyclic) bond motifs is 5. The molecule has 3 fully saturated rings. The largest absolute Gasteiger partial charge is 0.300 e. The highest BCUT2D eigenvalue weighted by Crippen LogP contribution is 2.63. The van der Waals surface area contributed by atoms with Crippen molar-refractivity contribution in [1.82, 2.24) is 0 Å². The van der Waals surface area contributed by atoms with Crippen LogP contribution in [-0.4, -0.2) is 11.6 Å². The molecule has 4 aliphatic rings. The summed E-state index contributed by atoms with van der Waals surface area (Å²) in [7, 11) is 0. The van der Waals surface area contributed by atoms with E-state index in [1.165, 1.54) is 0 Å². The zero-order valence-electron chi connectivity index (χ0n) is 13.3. The van der Waals surface area contributed by atoms with Crippen molar-refractivity contribution < 1.29 is 9.59 Å². The van der Waals surface area contributed by atoms with Gasteiger partial charge in [0.05, 0.1) is 0 Å². The van der Waals surface area contributed by atoms with Crippen LogP contribution < -0.4 is 0 Å². The number of Topliss-reactive ketones (excluding diaryl/α,β-unsaturated/α-hetero) is 2. The molecule has 0 saturated heterocycles. The number of rotatable bonds is 0. The first-order valence-corrected chi connectivity index (χ1v) is 8.70. The number of hydrogen-bond acceptors (Lipinski definition) is 2. The first-order chi connectivity index (χ1) is 9.95. The smallest absolute Gasteiger partial charge is 0.139 e. The van der Waals surface area contributed by atoms with Gasteiger partial charge in [-0.15, -0.1) is 0 Å². The van der Waals surface area contributed by atoms with Crippen molar-refractivity contribution in [3.05, 3.63) is 11.6 Å². The van der Waals surface area contributed by atoms with Gasteiger partial charge in [0.1, 0.15) is 11.6 Å². The second-order valence-electron chi connectivity index (χ2n) is 8.41. The van der Waals surface area contributed by atoms with Gasteiger partial charge in [0.2, 0.25) is 0 Å². The maximum Gasteiger partial charge on any atom is 0.139 e. The molecular formula is C19H26O2. The Morgan fingerprint density at radius 2 is 1.86 bits per heavy atom. The molecule has 2 heteroatoms. The summed E-state index contributed by atoms with van der Waals surface area (Å²) in [6.07, 6.45) is 10.2. The van der Waals surface area contributed by atoms with Gasteiger partial charge in [-0.3, -0.25) is 9.59 Å². The summed E-state index contributed by atoms with van der Waals surface area (Å²) < 4.78 is 0. The maximum absolute atomic E-state index is 12.3. The molecule has 2 nitrogen and oxygen atoms in total. The molecular weight excluding hydrogens is 260 g/mol. The summed E-state index contributed by atoms with van der Waals surface area (Å²) in [5.74, 6) is 2.64. The summed E-state index contributed by atoms with van der Waals surface area (Å²) >= 11 is 0. The predicted octanol–water partition coefficient (Wildman–Crippen LogP) is 4.09. The normalized spacial score (nSPS) is 49.2. The average Bonchev–Trinajstić information content (AvgIpc) is 2.76. The van der Waals surface area contributed by atoms with E-state index in [0.29, 0.717) is 34.7 Å². The second kappa shape index (κ2) is 4.30. The maximum atomic E-state index is 12.3. The molecule has 0 aliphatic heterocycles. The van der Waals surface area contributed by atoms with Crippen molar-refractivity contribution in [3.63, 3.8) is 0 Å². The molecule has 0 N–H and O–H groups in total. The second-order valence-corrected chi connectivity index (χ2v) is 8.41. The Morgan fingerprint density at radius 3 is 2.67 bits per heavy atom. The highest BCUT2D eigenvalue weighted by atomic mass is 16.1. The molecule has 0 aromatic carbocycles. The fraction of sp³-hybridized carbons (Fsp3) is 0.789. The Bertz CT molecular complexity index is 546. The standard InChI is InChI=1S/C19H26O2/c1-18-9-7-13(20)11-12(18)3-4-14-15-5-6-17(21)19(15,2)10-8-16(14)18/h4,12,15-16H,3,5-11H2,1-2H3/t12?,15-,16-,18-,19-/m0/s1. The fourth-order valence-electron chi connectivity index (χ4n) is 6.08. The van der Waals surface area contributed by atoms with E-state index in [4.69, 9.17) is 0 Å². The van der Waals surface area contributed by atoms with E-state index in [2.05, 4.69) is 19.9 Å². The van der Waals surface area contributed by atoms with Gasteiger partial charge in [-0.1, -0.05) is 25.5 Å². The highest BCUT2D eigenvalue weighted by molar-refractivity contribution is 5.88. The summed E-state index contributed by atoms with van der Waals surface area (Å²) in [6.45, 7) is 4.64. The van der Waals surface area contributed by atoms with Crippen molar-refractivity contribution in [2.75, 3.05) is 0 Å². The summed E-state index contributed by atoms with van der Waals surface area (Å²) in [4.78, 5) is 24.2. The van der Waals surface area contributed by atoms with Gasteiger partial charge in [0.25, 0.3) is 0 Å². The van der Waals surface area contributed by atoms with Crippen LogP contribution in [0.2, 0.25) is 0 Å². The lowest BCUT2D eigenvalue weighted by Crippen LogP contribution is -2.49. The van der Waals surface area contributed by atoms with Crippen molar-refractivity contribution in [3.8, 4) is 0 Å². The minimum absolute atomic E-state index is 0.0734. The van der Waals surface area contributed by atoms with Crippen LogP contribution in [0, 0.1) is 28.6 Å². The van der Waals surface area contributed by atoms with E-state index >= 15 is 0 Å². The van der Waals surface area contributed by atoms with Gasteiger partial charge in [-0.25, -0.2) is 0 Å². The zero-order chi connectivity index (χ0) is 14.8. The van der Waals surface area contributed by atoms with E-state index in [9.17, 15) is 9.59 Å². The number of hydrogen-bond donors (Lipinski definition) is 0. The van der Waals surface area contributed by atoms with Crippen molar-refractivity contribution in [2.24, 2.45) is 28.6 Å². The van der Waals surface area contributed by atoms with Crippen molar-refractivity contribution >= 4 is 11.6 Å². The van der Waals surface area contributed by atoms with Crippen molar-refractivity contribution in [2.45, 2.75) is 65.2 Å². The molecule has 0 radical (unpaired) electrons.